The lowest BCUT2D eigenvalue weighted by molar-refractivity contribution is -0.138. The quantitative estimate of drug-likeness (QED) is 0.753. The van der Waals surface area contributed by atoms with E-state index in [-0.39, 0.29) is 0 Å². The van der Waals surface area contributed by atoms with Crippen molar-refractivity contribution in [3.05, 3.63) is 59.4 Å². The molecule has 0 radical (unpaired) electrons. The molecule has 0 amide bonds. The summed E-state index contributed by atoms with van der Waals surface area (Å²) in [4.78, 5) is 19.0. The summed E-state index contributed by atoms with van der Waals surface area (Å²) in [5, 5.41) is 18.5. The normalized spacial score (nSPS) is 11.8. The minimum atomic E-state index is -0.916. The molecule has 0 fully saturated rings. The van der Waals surface area contributed by atoms with Crippen molar-refractivity contribution >= 4 is 17.0 Å². The molecule has 1 unspecified atom stereocenters. The van der Waals surface area contributed by atoms with Crippen molar-refractivity contribution in [2.75, 3.05) is 7.11 Å². The molecule has 6 heteroatoms. The summed E-state index contributed by atoms with van der Waals surface area (Å²) in [6.45, 7) is 0. The Morgan fingerprint density at radius 1 is 1.33 bits per heavy atom. The van der Waals surface area contributed by atoms with Gasteiger partial charge in [0.2, 0.25) is 0 Å². The number of methoxy groups -OCH3 is 1. The van der Waals surface area contributed by atoms with Gasteiger partial charge in [-0.1, -0.05) is 18.2 Å². The van der Waals surface area contributed by atoms with Gasteiger partial charge in [0.15, 0.2) is 0 Å². The van der Waals surface area contributed by atoms with Gasteiger partial charge in [0.05, 0.1) is 36.5 Å². The van der Waals surface area contributed by atoms with Gasteiger partial charge >= 0.3 is 5.97 Å². The van der Waals surface area contributed by atoms with Gasteiger partial charge in [-0.05, 0) is 35.7 Å². The summed E-state index contributed by atoms with van der Waals surface area (Å²) in [5.74, 6) is -1.05. The van der Waals surface area contributed by atoms with Crippen LogP contribution in [0, 0.1) is 11.3 Å². The number of nitrogens with one attached hydrogen (secondary N) is 1. The van der Waals surface area contributed by atoms with E-state index >= 15 is 0 Å². The number of carboxylic acids is 1. The van der Waals surface area contributed by atoms with Crippen LogP contribution in [0.1, 0.15) is 22.6 Å². The average molecular weight is 321 g/mol. The number of fused-ring (bicyclic) bond motifs is 1. The van der Waals surface area contributed by atoms with E-state index in [1.165, 1.54) is 6.33 Å². The molecule has 2 aromatic carbocycles. The summed E-state index contributed by atoms with van der Waals surface area (Å²) in [6.07, 6.45) is 1.85. The standard InChI is InChI=1S/C18H15N3O3/c1-24-15-7-6-13(16-17(15)21-10-20-16)14(18(22)23)8-11-2-4-12(9-19)5-3-11/h2-7,10,14H,8H2,1H3,(H,20,21)(H,22,23). The van der Waals surface area contributed by atoms with Crippen molar-refractivity contribution in [2.45, 2.75) is 12.3 Å². The van der Waals surface area contributed by atoms with E-state index in [1.807, 2.05) is 0 Å². The molecule has 1 aromatic heterocycles. The lowest BCUT2D eigenvalue weighted by Gasteiger charge is -2.15. The zero-order valence-corrected chi connectivity index (χ0v) is 13.0. The first kappa shape index (κ1) is 15.6. The molecule has 1 heterocycles. The molecule has 2 N–H and O–H groups in total. The van der Waals surface area contributed by atoms with Crippen molar-refractivity contribution < 1.29 is 14.6 Å². The fraction of sp³-hybridized carbons (Fsp3) is 0.167. The number of aliphatic carboxylic acids is 1. The molecule has 0 aliphatic rings. The maximum Gasteiger partial charge on any atom is 0.311 e. The molecule has 0 bridgehead atoms. The predicted octanol–water partition coefficient (Wildman–Crippen LogP) is 2.85. The Kier molecular flexibility index (Phi) is 4.17. The molecule has 0 saturated heterocycles. The van der Waals surface area contributed by atoms with Gasteiger partial charge in [0, 0.05) is 0 Å². The molecule has 0 aliphatic carbocycles. The molecule has 24 heavy (non-hydrogen) atoms. The van der Waals surface area contributed by atoms with Crippen molar-refractivity contribution in [1.82, 2.24) is 9.97 Å². The number of nitriles is 1. The molecular formula is C18H15N3O3. The molecule has 6 nitrogen and oxygen atoms in total. The molecule has 120 valence electrons. The smallest absolute Gasteiger partial charge is 0.311 e. The van der Waals surface area contributed by atoms with Crippen LogP contribution >= 0.6 is 0 Å². The van der Waals surface area contributed by atoms with E-state index in [0.29, 0.717) is 34.3 Å². The first-order chi connectivity index (χ1) is 11.6. The monoisotopic (exact) mass is 321 g/mol. The third-order valence-electron chi connectivity index (χ3n) is 3.99. The van der Waals surface area contributed by atoms with Crippen molar-refractivity contribution in [3.8, 4) is 11.8 Å². The van der Waals surface area contributed by atoms with E-state index < -0.39 is 11.9 Å². The fourth-order valence-corrected chi connectivity index (χ4v) is 2.77. The van der Waals surface area contributed by atoms with Crippen LogP contribution in [0.3, 0.4) is 0 Å². The van der Waals surface area contributed by atoms with Gasteiger partial charge in [-0.2, -0.15) is 5.26 Å². The number of H-pyrrole nitrogens is 1. The fourth-order valence-electron chi connectivity index (χ4n) is 2.77. The molecule has 3 aromatic rings. The number of rotatable bonds is 5. The Balaban J connectivity index is 2.01. The van der Waals surface area contributed by atoms with Gasteiger partial charge in [-0.25, -0.2) is 4.98 Å². The third-order valence-corrected chi connectivity index (χ3v) is 3.99. The number of hydrogen-bond acceptors (Lipinski definition) is 4. The Morgan fingerprint density at radius 2 is 2.08 bits per heavy atom. The van der Waals surface area contributed by atoms with Crippen LogP contribution in [0.2, 0.25) is 0 Å². The van der Waals surface area contributed by atoms with Crippen LogP contribution in [-0.4, -0.2) is 28.2 Å². The summed E-state index contributed by atoms with van der Waals surface area (Å²) in [6, 6.07) is 12.5. The maximum absolute atomic E-state index is 11.8. The van der Waals surface area contributed by atoms with E-state index in [4.69, 9.17) is 10.00 Å². The van der Waals surface area contributed by atoms with Crippen molar-refractivity contribution in [2.24, 2.45) is 0 Å². The van der Waals surface area contributed by atoms with Gasteiger partial charge in [0.25, 0.3) is 0 Å². The zero-order valence-electron chi connectivity index (χ0n) is 13.0. The van der Waals surface area contributed by atoms with Crippen molar-refractivity contribution in [3.63, 3.8) is 0 Å². The Morgan fingerprint density at radius 3 is 2.71 bits per heavy atom. The summed E-state index contributed by atoms with van der Waals surface area (Å²) in [5.41, 5.74) is 3.33. The third kappa shape index (κ3) is 2.79. The lowest BCUT2D eigenvalue weighted by Crippen LogP contribution is -2.15. The lowest BCUT2D eigenvalue weighted by atomic mass is 9.90. The number of carboxylic acid groups (broad SMARTS) is 1. The molecule has 0 aliphatic heterocycles. The zero-order chi connectivity index (χ0) is 17.1. The van der Waals surface area contributed by atoms with Gasteiger partial charge in [-0.15, -0.1) is 0 Å². The van der Waals surface area contributed by atoms with Crippen LogP contribution in [0.4, 0.5) is 0 Å². The number of carbonyl (C=O) groups is 1. The van der Waals surface area contributed by atoms with Crippen molar-refractivity contribution in [1.29, 1.82) is 5.26 Å². The van der Waals surface area contributed by atoms with Crippen LogP contribution in [0.15, 0.2) is 42.7 Å². The highest BCUT2D eigenvalue weighted by Gasteiger charge is 2.24. The highest BCUT2D eigenvalue weighted by molar-refractivity contribution is 5.89. The van der Waals surface area contributed by atoms with Gasteiger partial charge in [-0.3, -0.25) is 4.79 Å². The van der Waals surface area contributed by atoms with Crippen LogP contribution in [0.5, 0.6) is 5.75 Å². The molecule has 0 saturated carbocycles. The first-order valence-electron chi connectivity index (χ1n) is 7.36. The SMILES string of the molecule is COc1ccc(C(Cc2ccc(C#N)cc2)C(=O)O)c2[nH]cnc12. The van der Waals surface area contributed by atoms with Crippen LogP contribution in [-0.2, 0) is 11.2 Å². The summed E-state index contributed by atoms with van der Waals surface area (Å²) < 4.78 is 5.26. The highest BCUT2D eigenvalue weighted by atomic mass is 16.5. The number of nitrogens with zero attached hydrogens (tertiary/aromatic N) is 2. The number of ether oxygens (including phenoxy) is 1. The second-order valence-electron chi connectivity index (χ2n) is 5.39. The predicted molar refractivity (Wildman–Crippen MR) is 87.9 cm³/mol. The molecule has 3 rings (SSSR count). The van der Waals surface area contributed by atoms with E-state index in [2.05, 4.69) is 16.0 Å². The van der Waals surface area contributed by atoms with Gasteiger partial charge in [0.1, 0.15) is 11.3 Å². The minimum Gasteiger partial charge on any atom is -0.494 e. The number of hydrogen-bond donors (Lipinski definition) is 2. The van der Waals surface area contributed by atoms with Crippen LogP contribution in [0.25, 0.3) is 11.0 Å². The van der Waals surface area contributed by atoms with E-state index in [0.717, 1.165) is 5.56 Å². The van der Waals surface area contributed by atoms with E-state index in [9.17, 15) is 9.90 Å². The highest BCUT2D eigenvalue weighted by Crippen LogP contribution is 2.32. The topological polar surface area (TPSA) is 99.0 Å². The van der Waals surface area contributed by atoms with E-state index in [1.54, 1.807) is 43.5 Å². The second-order valence-corrected chi connectivity index (χ2v) is 5.39. The average Bonchev–Trinajstić information content (AvgIpc) is 3.09. The number of aromatic amines is 1. The maximum atomic E-state index is 11.8. The largest absolute Gasteiger partial charge is 0.494 e. The molecular weight excluding hydrogens is 306 g/mol. The minimum absolute atomic E-state index is 0.321. The molecule has 0 spiro atoms. The second kappa shape index (κ2) is 6.42. The number of imidazole rings is 1. The summed E-state index contributed by atoms with van der Waals surface area (Å²) in [7, 11) is 1.55. The number of aromatic nitrogens is 2. The Labute approximate surface area is 138 Å². The van der Waals surface area contributed by atoms with Gasteiger partial charge < -0.3 is 14.8 Å². The summed E-state index contributed by atoms with van der Waals surface area (Å²) >= 11 is 0. The Hall–Kier alpha value is -3.33. The Bertz CT molecular complexity index is 923. The van der Waals surface area contributed by atoms with Crippen LogP contribution < -0.4 is 4.74 Å². The first-order valence-corrected chi connectivity index (χ1v) is 7.36. The molecule has 1 atom stereocenters. The number of benzene rings is 2.